The molecule has 2 N–H and O–H groups in total. The van der Waals surface area contributed by atoms with Crippen LogP contribution in [0, 0.1) is 0 Å². The molecule has 32 heavy (non-hydrogen) atoms. The number of nitrogens with zero attached hydrogens (tertiary/aromatic N) is 1. The molecule has 0 saturated carbocycles. The van der Waals surface area contributed by atoms with Gasteiger partial charge in [-0.2, -0.15) is 0 Å². The van der Waals surface area contributed by atoms with E-state index in [2.05, 4.69) is 15.6 Å². The molecule has 0 bridgehead atoms. The average molecular weight is 443 g/mol. The lowest BCUT2D eigenvalue weighted by molar-refractivity contribution is -0.119. The zero-order valence-corrected chi connectivity index (χ0v) is 17.8. The molecule has 1 aliphatic carbocycles. The van der Waals surface area contributed by atoms with Crippen molar-refractivity contribution in [3.05, 3.63) is 82.4 Å². The topological polar surface area (TPSA) is 101 Å². The monoisotopic (exact) mass is 443 g/mol. The van der Waals surface area contributed by atoms with Gasteiger partial charge in [0.15, 0.2) is 16.7 Å². The van der Waals surface area contributed by atoms with Crippen LogP contribution in [0.25, 0.3) is 22.6 Å². The fourth-order valence-corrected chi connectivity index (χ4v) is 4.30. The molecule has 0 radical (unpaired) electrons. The Morgan fingerprint density at radius 1 is 1.00 bits per heavy atom. The van der Waals surface area contributed by atoms with Gasteiger partial charge in [0.25, 0.3) is 5.91 Å². The minimum Gasteiger partial charge on any atom is -0.458 e. The van der Waals surface area contributed by atoms with Crippen LogP contribution in [0.15, 0.2) is 64.4 Å². The molecule has 4 aromatic rings. The summed E-state index contributed by atoms with van der Waals surface area (Å²) in [5.41, 5.74) is 3.88. The lowest BCUT2D eigenvalue weighted by Crippen LogP contribution is -2.18. The fraction of sp³-hybridized carbons (Fsp3) is 0.0833. The molecular weight excluding hydrogens is 426 g/mol. The highest BCUT2D eigenvalue weighted by atomic mass is 32.1. The molecule has 0 atom stereocenters. The highest BCUT2D eigenvalue weighted by Crippen LogP contribution is 2.37. The Kier molecular flexibility index (Phi) is 4.91. The number of amides is 2. The second-order valence-corrected chi connectivity index (χ2v) is 8.16. The van der Waals surface area contributed by atoms with Gasteiger partial charge in [-0.15, -0.1) is 11.3 Å². The summed E-state index contributed by atoms with van der Waals surface area (Å²) in [5, 5.41) is 7.65. The van der Waals surface area contributed by atoms with Gasteiger partial charge >= 0.3 is 0 Å². The fourth-order valence-electron chi connectivity index (χ4n) is 3.61. The minimum absolute atomic E-state index is 0.0744. The SMILES string of the molecule is CC(=O)NCc1ccc(-c2csc(NC(=O)c3ccc4c(c3)C(=O)c3ccccc3-4)n2)o1. The van der Waals surface area contributed by atoms with Crippen molar-refractivity contribution in [2.75, 3.05) is 5.32 Å². The molecule has 7 nitrogen and oxygen atoms in total. The maximum atomic E-state index is 12.8. The van der Waals surface area contributed by atoms with Crippen LogP contribution in [0.5, 0.6) is 0 Å². The molecule has 2 amide bonds. The third-order valence-electron chi connectivity index (χ3n) is 5.14. The van der Waals surface area contributed by atoms with Crippen molar-refractivity contribution >= 4 is 34.1 Å². The van der Waals surface area contributed by atoms with Crippen LogP contribution >= 0.6 is 11.3 Å². The molecule has 2 aromatic carbocycles. The summed E-state index contributed by atoms with van der Waals surface area (Å²) in [6.45, 7) is 1.74. The maximum absolute atomic E-state index is 12.8. The zero-order chi connectivity index (χ0) is 22.2. The first-order valence-corrected chi connectivity index (χ1v) is 10.8. The Bertz CT molecular complexity index is 1390. The zero-order valence-electron chi connectivity index (χ0n) is 17.0. The number of fused-ring (bicyclic) bond motifs is 3. The van der Waals surface area contributed by atoms with Gasteiger partial charge in [0.2, 0.25) is 5.91 Å². The standard InChI is InChI=1S/C24H17N3O4S/c1-13(28)25-11-15-7-9-21(31-15)20-12-32-24(26-20)27-23(30)14-6-8-17-16-4-2-3-5-18(16)22(29)19(17)10-14/h2-10,12H,11H2,1H3,(H,25,28)(H,26,27,30). The number of nitrogens with one attached hydrogen (secondary N) is 2. The highest BCUT2D eigenvalue weighted by Gasteiger charge is 2.27. The molecule has 0 spiro atoms. The molecule has 2 heterocycles. The molecule has 1 aliphatic rings. The number of benzene rings is 2. The second kappa shape index (κ2) is 7.90. The average Bonchev–Trinajstić information content (AvgIpc) is 3.51. The molecule has 0 fully saturated rings. The number of aromatic nitrogens is 1. The first-order chi connectivity index (χ1) is 15.5. The second-order valence-electron chi connectivity index (χ2n) is 7.30. The van der Waals surface area contributed by atoms with E-state index in [1.807, 2.05) is 18.2 Å². The van der Waals surface area contributed by atoms with Gasteiger partial charge in [0.05, 0.1) is 6.54 Å². The lowest BCUT2D eigenvalue weighted by atomic mass is 10.0. The van der Waals surface area contributed by atoms with E-state index in [4.69, 9.17) is 4.42 Å². The maximum Gasteiger partial charge on any atom is 0.257 e. The van der Waals surface area contributed by atoms with Crippen molar-refractivity contribution in [1.29, 1.82) is 0 Å². The summed E-state index contributed by atoms with van der Waals surface area (Å²) in [4.78, 5) is 40.9. The summed E-state index contributed by atoms with van der Waals surface area (Å²) < 4.78 is 5.70. The molecule has 8 heteroatoms. The van der Waals surface area contributed by atoms with Gasteiger partial charge in [-0.3, -0.25) is 19.7 Å². The van der Waals surface area contributed by atoms with E-state index in [-0.39, 0.29) is 17.6 Å². The van der Waals surface area contributed by atoms with Crippen molar-refractivity contribution in [1.82, 2.24) is 10.3 Å². The molecular formula is C24H17N3O4S. The summed E-state index contributed by atoms with van der Waals surface area (Å²) in [7, 11) is 0. The molecule has 158 valence electrons. The van der Waals surface area contributed by atoms with Crippen molar-refractivity contribution < 1.29 is 18.8 Å². The lowest BCUT2D eigenvalue weighted by Gasteiger charge is -2.04. The Hall–Kier alpha value is -4.04. The van der Waals surface area contributed by atoms with E-state index in [1.165, 1.54) is 18.3 Å². The van der Waals surface area contributed by atoms with Gasteiger partial charge in [0, 0.05) is 29.0 Å². The molecule has 2 aromatic heterocycles. The van der Waals surface area contributed by atoms with Crippen LogP contribution < -0.4 is 10.6 Å². The Morgan fingerprint density at radius 2 is 1.78 bits per heavy atom. The van der Waals surface area contributed by atoms with Crippen LogP contribution in [0.1, 0.15) is 39.0 Å². The largest absolute Gasteiger partial charge is 0.458 e. The number of hydrogen-bond donors (Lipinski definition) is 2. The van der Waals surface area contributed by atoms with Gasteiger partial charge in [-0.25, -0.2) is 4.98 Å². The molecule has 0 saturated heterocycles. The number of hydrogen-bond acceptors (Lipinski definition) is 6. The Morgan fingerprint density at radius 3 is 2.59 bits per heavy atom. The van der Waals surface area contributed by atoms with Crippen molar-refractivity contribution in [2.24, 2.45) is 0 Å². The molecule has 0 aliphatic heterocycles. The van der Waals surface area contributed by atoms with Gasteiger partial charge in [0.1, 0.15) is 11.5 Å². The van der Waals surface area contributed by atoms with Crippen LogP contribution in [0.4, 0.5) is 5.13 Å². The first kappa shape index (κ1) is 19.9. The van der Waals surface area contributed by atoms with E-state index in [9.17, 15) is 14.4 Å². The molecule has 0 unspecified atom stereocenters. The van der Waals surface area contributed by atoms with E-state index in [0.717, 1.165) is 11.1 Å². The van der Waals surface area contributed by atoms with Crippen molar-refractivity contribution in [2.45, 2.75) is 13.5 Å². The minimum atomic E-state index is -0.344. The predicted octanol–water partition coefficient (Wildman–Crippen LogP) is 4.50. The van der Waals surface area contributed by atoms with Gasteiger partial charge < -0.3 is 9.73 Å². The summed E-state index contributed by atoms with van der Waals surface area (Å²) in [6.07, 6.45) is 0. The Balaban J connectivity index is 1.31. The highest BCUT2D eigenvalue weighted by molar-refractivity contribution is 7.14. The first-order valence-electron chi connectivity index (χ1n) is 9.88. The third-order valence-corrected chi connectivity index (χ3v) is 5.90. The van der Waals surface area contributed by atoms with Crippen molar-refractivity contribution in [3.63, 3.8) is 0 Å². The van der Waals surface area contributed by atoms with E-state index < -0.39 is 0 Å². The number of furan rings is 1. The summed E-state index contributed by atoms with van der Waals surface area (Å²) in [6, 6.07) is 16.1. The van der Waals surface area contributed by atoms with Crippen LogP contribution in [-0.2, 0) is 11.3 Å². The van der Waals surface area contributed by atoms with Crippen LogP contribution in [-0.4, -0.2) is 22.6 Å². The number of thiazole rings is 1. The normalized spacial score (nSPS) is 11.7. The summed E-state index contributed by atoms with van der Waals surface area (Å²) in [5.74, 6) is 0.595. The quantitative estimate of drug-likeness (QED) is 0.416. The Labute approximate surface area is 187 Å². The number of carbonyl (C=O) groups is 3. The number of anilines is 1. The number of rotatable bonds is 5. The number of carbonyl (C=O) groups excluding carboxylic acids is 3. The van der Waals surface area contributed by atoms with Gasteiger partial charge in [-0.05, 0) is 35.4 Å². The number of ketones is 1. The third kappa shape index (κ3) is 3.61. The van der Waals surface area contributed by atoms with Crippen LogP contribution in [0.3, 0.4) is 0 Å². The van der Waals surface area contributed by atoms with E-state index in [0.29, 0.717) is 45.6 Å². The molecule has 5 rings (SSSR count). The predicted molar refractivity (Wildman–Crippen MR) is 121 cm³/mol. The van der Waals surface area contributed by atoms with Crippen LogP contribution in [0.2, 0.25) is 0 Å². The van der Waals surface area contributed by atoms with Gasteiger partial charge in [-0.1, -0.05) is 30.3 Å². The van der Waals surface area contributed by atoms with E-state index >= 15 is 0 Å². The van der Waals surface area contributed by atoms with E-state index in [1.54, 1.807) is 41.8 Å². The van der Waals surface area contributed by atoms with Crippen molar-refractivity contribution in [3.8, 4) is 22.6 Å². The smallest absolute Gasteiger partial charge is 0.257 e. The summed E-state index contributed by atoms with van der Waals surface area (Å²) >= 11 is 1.27.